The number of rotatable bonds is 2. The molecule has 13 heavy (non-hydrogen) atoms. The second-order valence-corrected chi connectivity index (χ2v) is 9.52. The first kappa shape index (κ1) is 19.7. The van der Waals surface area contributed by atoms with Crippen molar-refractivity contribution in [3.05, 3.63) is 23.8 Å². The van der Waals surface area contributed by atoms with Gasteiger partial charge in [-0.1, -0.05) is 25.7 Å². The largest absolute Gasteiger partial charge is 3.00 e. The van der Waals surface area contributed by atoms with E-state index in [1.54, 1.807) is 0 Å². The molecule has 73 valence electrons. The van der Waals surface area contributed by atoms with Gasteiger partial charge in [0, 0.05) is 8.07 Å². The van der Waals surface area contributed by atoms with Crippen LogP contribution in [0.25, 0.3) is 0 Å². The van der Waals surface area contributed by atoms with Crippen molar-refractivity contribution in [2.75, 3.05) is 0 Å². The summed E-state index contributed by atoms with van der Waals surface area (Å²) in [6, 6.07) is 1.30. The molecule has 1 aliphatic carbocycles. The monoisotopic (exact) mass is 311 g/mol. The Morgan fingerprint density at radius 1 is 1.31 bits per heavy atom. The van der Waals surface area contributed by atoms with Gasteiger partial charge >= 0.3 is 26.2 Å². The molecule has 0 unspecified atom stereocenters. The summed E-state index contributed by atoms with van der Waals surface area (Å²) in [5.74, 6) is 0. The third-order valence-corrected chi connectivity index (χ3v) is 2.93. The Labute approximate surface area is 114 Å². The zero-order valence-corrected chi connectivity index (χ0v) is 13.3. The number of allylic oxidation sites excluding steroid dienone is 4. The van der Waals surface area contributed by atoms with E-state index < -0.39 is 8.07 Å². The zero-order valence-electron chi connectivity index (χ0n) is 8.32. The molecule has 1 aliphatic rings. The smallest absolute Gasteiger partial charge is 1.00 e. The summed E-state index contributed by atoms with van der Waals surface area (Å²) in [6.45, 7) is 7.19. The third-order valence-electron chi connectivity index (χ3n) is 1.49. The fourth-order valence-electron chi connectivity index (χ4n) is 1.14. The maximum atomic E-state index is 3.35. The summed E-state index contributed by atoms with van der Waals surface area (Å²) < 4.78 is 0. The average Bonchev–Trinajstić information content (AvgIpc) is 2.12. The topological polar surface area (TPSA) is 0 Å². The van der Waals surface area contributed by atoms with Gasteiger partial charge in [-0.25, -0.2) is 11.6 Å². The Morgan fingerprint density at radius 2 is 1.85 bits per heavy atom. The van der Waals surface area contributed by atoms with Gasteiger partial charge in [0.25, 0.3) is 0 Å². The molecular weight excluding hydrogens is 298 g/mol. The van der Waals surface area contributed by atoms with Crippen LogP contribution in [0.15, 0.2) is 17.7 Å². The van der Waals surface area contributed by atoms with Crippen molar-refractivity contribution in [2.24, 2.45) is 0 Å². The second kappa shape index (κ2) is 8.47. The Kier molecular flexibility index (Phi) is 12.8. The summed E-state index contributed by atoms with van der Waals surface area (Å²) in [5.41, 5.74) is 1.44. The van der Waals surface area contributed by atoms with E-state index in [4.69, 9.17) is 0 Å². The second-order valence-electron chi connectivity index (χ2n) is 4.05. The molecule has 0 aromatic carbocycles. The van der Waals surface area contributed by atoms with E-state index in [1.807, 2.05) is 0 Å². The van der Waals surface area contributed by atoms with Crippen LogP contribution in [0.2, 0.25) is 25.7 Å². The molecule has 0 saturated heterocycles. The average molecular weight is 313 g/mol. The third kappa shape index (κ3) is 9.46. The maximum Gasteiger partial charge on any atom is 3.00 e. The molecule has 0 bridgehead atoms. The van der Waals surface area contributed by atoms with Gasteiger partial charge < -0.3 is 24.8 Å². The molecule has 0 spiro atoms. The predicted molar refractivity (Wildman–Crippen MR) is 48.7 cm³/mol. The molecule has 0 aromatic rings. The first-order chi connectivity index (χ1) is 4.58. The van der Waals surface area contributed by atoms with Gasteiger partial charge in [-0.3, -0.25) is 6.08 Å². The van der Waals surface area contributed by atoms with Crippen LogP contribution in [0, 0.1) is 6.08 Å². The van der Waals surface area contributed by atoms with E-state index in [0.717, 1.165) is 6.42 Å². The van der Waals surface area contributed by atoms with Gasteiger partial charge in [0.2, 0.25) is 0 Å². The Bertz CT molecular complexity index is 183. The van der Waals surface area contributed by atoms with Gasteiger partial charge in [0.15, 0.2) is 0 Å². The molecule has 4 heteroatoms. The summed E-state index contributed by atoms with van der Waals surface area (Å²) in [5, 5.41) is 0. The van der Waals surface area contributed by atoms with Crippen LogP contribution in [0.5, 0.6) is 0 Å². The van der Waals surface area contributed by atoms with E-state index in [9.17, 15) is 0 Å². The summed E-state index contributed by atoms with van der Waals surface area (Å²) in [7, 11) is -0.873. The first-order valence-electron chi connectivity index (χ1n) is 3.84. The van der Waals surface area contributed by atoms with Crippen LogP contribution in [-0.2, 0) is 26.2 Å². The Morgan fingerprint density at radius 3 is 2.15 bits per heavy atom. The summed E-state index contributed by atoms with van der Waals surface area (Å²) >= 11 is 0. The minimum atomic E-state index is -0.873. The molecule has 0 aromatic heterocycles. The van der Waals surface area contributed by atoms with Crippen molar-refractivity contribution in [3.8, 4) is 0 Å². The summed E-state index contributed by atoms with van der Waals surface area (Å²) in [6.07, 6.45) is 8.81. The van der Waals surface area contributed by atoms with Gasteiger partial charge in [-0.05, 0) is 0 Å². The van der Waals surface area contributed by atoms with Gasteiger partial charge in [-0.15, -0.1) is 6.42 Å². The molecule has 0 saturated carbocycles. The van der Waals surface area contributed by atoms with Crippen LogP contribution in [-0.4, -0.2) is 8.07 Å². The number of halogens is 2. The van der Waals surface area contributed by atoms with E-state index in [-0.39, 0.29) is 51.0 Å². The van der Waals surface area contributed by atoms with E-state index in [1.165, 1.54) is 11.6 Å². The normalized spacial score (nSPS) is 13.6. The van der Waals surface area contributed by atoms with E-state index in [2.05, 4.69) is 37.9 Å². The SMILES string of the molecule is C[Si](C)(C)CC1=[C-]CC=C1.[Cl-].[Cl-].[Zr+3]. The number of hydrogen-bond donors (Lipinski definition) is 0. The molecule has 1 rings (SSSR count). The molecule has 0 N–H and O–H groups in total. The molecule has 0 aliphatic heterocycles. The zero-order chi connectivity index (χ0) is 7.61. The van der Waals surface area contributed by atoms with Crippen molar-refractivity contribution in [2.45, 2.75) is 32.1 Å². The van der Waals surface area contributed by atoms with Crippen molar-refractivity contribution in [3.63, 3.8) is 0 Å². The van der Waals surface area contributed by atoms with Crippen LogP contribution in [0.1, 0.15) is 6.42 Å². The molecule has 1 radical (unpaired) electrons. The van der Waals surface area contributed by atoms with Crippen LogP contribution in [0.4, 0.5) is 0 Å². The van der Waals surface area contributed by atoms with Gasteiger partial charge in [0.05, 0.1) is 0 Å². The quantitative estimate of drug-likeness (QED) is 0.377. The standard InChI is InChI=1S/C9H15Si.2ClH.Zr/c1-10(2,3)8-9-6-4-5-7-9;;;/h4,6H,5,8H2,1-3H3;2*1H;/q-1;;;+3/p-2. The predicted octanol–water partition coefficient (Wildman–Crippen LogP) is -2.98. The molecule has 0 amide bonds. The fourth-order valence-corrected chi connectivity index (χ4v) is 2.53. The van der Waals surface area contributed by atoms with E-state index in [0.29, 0.717) is 0 Å². The molecular formula is C9H15Cl2SiZr. The summed E-state index contributed by atoms with van der Waals surface area (Å²) in [4.78, 5) is 0. The van der Waals surface area contributed by atoms with Crippen LogP contribution < -0.4 is 24.8 Å². The molecule has 0 fully saturated rings. The minimum Gasteiger partial charge on any atom is -1.00 e. The van der Waals surface area contributed by atoms with Gasteiger partial charge in [0.1, 0.15) is 0 Å². The van der Waals surface area contributed by atoms with Crippen molar-refractivity contribution < 1.29 is 51.0 Å². The van der Waals surface area contributed by atoms with Crippen LogP contribution in [0.3, 0.4) is 0 Å². The Balaban J connectivity index is -0.000000333. The van der Waals surface area contributed by atoms with Crippen molar-refractivity contribution >= 4 is 8.07 Å². The minimum absolute atomic E-state index is 0. The van der Waals surface area contributed by atoms with E-state index >= 15 is 0 Å². The Hall–Kier alpha value is 1.16. The fraction of sp³-hybridized carbons (Fsp3) is 0.556. The van der Waals surface area contributed by atoms with Crippen molar-refractivity contribution in [1.29, 1.82) is 0 Å². The molecule has 0 atom stereocenters. The first-order valence-corrected chi connectivity index (χ1v) is 7.55. The molecule has 0 nitrogen and oxygen atoms in total. The van der Waals surface area contributed by atoms with Gasteiger partial charge in [-0.2, -0.15) is 6.08 Å². The molecule has 0 heterocycles. The van der Waals surface area contributed by atoms with Crippen LogP contribution >= 0.6 is 0 Å². The number of hydrogen-bond acceptors (Lipinski definition) is 0. The van der Waals surface area contributed by atoms with Crippen molar-refractivity contribution in [1.82, 2.24) is 0 Å². The maximum absolute atomic E-state index is 3.35.